The van der Waals surface area contributed by atoms with Crippen LogP contribution in [0, 0.1) is 5.92 Å². The van der Waals surface area contributed by atoms with Crippen molar-refractivity contribution in [2.75, 3.05) is 13.6 Å². The SMILES string of the molecule is CCCNCc1ccc(S(=O)(=O)N(C)C(C)C(C)C)s1. The molecule has 1 unspecified atom stereocenters. The summed E-state index contributed by atoms with van der Waals surface area (Å²) in [5, 5.41) is 3.29. The Kier molecular flexibility index (Phi) is 6.64. The third kappa shape index (κ3) is 4.28. The highest BCUT2D eigenvalue weighted by molar-refractivity contribution is 7.91. The molecule has 0 aliphatic heterocycles. The second-order valence-electron chi connectivity index (χ2n) is 5.40. The van der Waals surface area contributed by atoms with Gasteiger partial charge in [0.05, 0.1) is 0 Å². The van der Waals surface area contributed by atoms with Crippen LogP contribution >= 0.6 is 11.3 Å². The van der Waals surface area contributed by atoms with Crippen molar-refractivity contribution >= 4 is 21.4 Å². The maximum atomic E-state index is 12.5. The molecule has 1 aromatic rings. The van der Waals surface area contributed by atoms with Crippen LogP contribution in [0.15, 0.2) is 16.3 Å². The molecule has 6 heteroatoms. The molecule has 4 nitrogen and oxygen atoms in total. The molecule has 1 heterocycles. The number of thiophene rings is 1. The van der Waals surface area contributed by atoms with Gasteiger partial charge in [0.1, 0.15) is 4.21 Å². The predicted octanol–water partition coefficient (Wildman–Crippen LogP) is 2.91. The van der Waals surface area contributed by atoms with Crippen LogP contribution in [0.5, 0.6) is 0 Å². The first kappa shape index (κ1) is 17.6. The van der Waals surface area contributed by atoms with Gasteiger partial charge < -0.3 is 5.32 Å². The highest BCUT2D eigenvalue weighted by Gasteiger charge is 2.28. The molecule has 0 saturated heterocycles. The molecule has 116 valence electrons. The molecule has 1 aromatic heterocycles. The topological polar surface area (TPSA) is 49.4 Å². The van der Waals surface area contributed by atoms with Crippen LogP contribution in [0.2, 0.25) is 0 Å². The second kappa shape index (κ2) is 7.54. The van der Waals surface area contributed by atoms with Crippen LogP contribution in [0.25, 0.3) is 0 Å². The maximum Gasteiger partial charge on any atom is 0.252 e. The monoisotopic (exact) mass is 318 g/mol. The van der Waals surface area contributed by atoms with E-state index in [4.69, 9.17) is 0 Å². The van der Waals surface area contributed by atoms with Crippen molar-refractivity contribution in [3.63, 3.8) is 0 Å². The van der Waals surface area contributed by atoms with Gasteiger partial charge in [0.2, 0.25) is 0 Å². The van der Waals surface area contributed by atoms with E-state index in [-0.39, 0.29) is 6.04 Å². The van der Waals surface area contributed by atoms with Gasteiger partial charge in [0, 0.05) is 24.5 Å². The first-order chi connectivity index (χ1) is 9.30. The summed E-state index contributed by atoms with van der Waals surface area (Å²) in [6.45, 7) is 9.80. The van der Waals surface area contributed by atoms with Crippen molar-refractivity contribution in [2.45, 2.75) is 50.9 Å². The third-order valence-corrected chi connectivity index (χ3v) is 7.03. The van der Waals surface area contributed by atoms with Crippen LogP contribution in [0.3, 0.4) is 0 Å². The van der Waals surface area contributed by atoms with E-state index in [0.29, 0.717) is 10.1 Å². The summed E-state index contributed by atoms with van der Waals surface area (Å²) in [7, 11) is -1.71. The zero-order valence-corrected chi connectivity index (χ0v) is 14.6. The van der Waals surface area contributed by atoms with Crippen molar-refractivity contribution in [2.24, 2.45) is 5.92 Å². The molecule has 1 rings (SSSR count). The van der Waals surface area contributed by atoms with Gasteiger partial charge in [-0.2, -0.15) is 4.31 Å². The predicted molar refractivity (Wildman–Crippen MR) is 85.6 cm³/mol. The summed E-state index contributed by atoms with van der Waals surface area (Å²) in [6, 6.07) is 3.60. The zero-order chi connectivity index (χ0) is 15.3. The van der Waals surface area contributed by atoms with Crippen LogP contribution in [-0.4, -0.2) is 32.4 Å². The Hall–Kier alpha value is -0.430. The van der Waals surface area contributed by atoms with Gasteiger partial charge in [-0.15, -0.1) is 11.3 Å². The minimum absolute atomic E-state index is 0.0104. The Morgan fingerprint density at radius 1 is 1.30 bits per heavy atom. The first-order valence-corrected chi connectivity index (χ1v) is 9.33. The highest BCUT2D eigenvalue weighted by Crippen LogP contribution is 2.26. The fourth-order valence-electron chi connectivity index (χ4n) is 1.76. The molecular weight excluding hydrogens is 292 g/mol. The molecule has 1 N–H and O–H groups in total. The van der Waals surface area contributed by atoms with Crippen molar-refractivity contribution in [1.29, 1.82) is 0 Å². The highest BCUT2D eigenvalue weighted by atomic mass is 32.2. The van der Waals surface area contributed by atoms with Crippen molar-refractivity contribution in [3.05, 3.63) is 17.0 Å². The minimum atomic E-state index is -3.37. The van der Waals surface area contributed by atoms with E-state index in [9.17, 15) is 8.42 Å². The van der Waals surface area contributed by atoms with E-state index in [2.05, 4.69) is 12.2 Å². The van der Waals surface area contributed by atoms with Crippen LogP contribution in [0.4, 0.5) is 0 Å². The normalized spacial score (nSPS) is 14.2. The number of hydrogen-bond donors (Lipinski definition) is 1. The summed E-state index contributed by atoms with van der Waals surface area (Å²) < 4.78 is 27.0. The van der Waals surface area contributed by atoms with Crippen molar-refractivity contribution < 1.29 is 8.42 Å². The molecule has 0 saturated carbocycles. The maximum absolute atomic E-state index is 12.5. The average molecular weight is 319 g/mol. The van der Waals surface area contributed by atoms with Gasteiger partial charge in [-0.05, 0) is 37.9 Å². The Balaban J connectivity index is 2.83. The lowest BCUT2D eigenvalue weighted by Gasteiger charge is -2.26. The standard InChI is InChI=1S/C14H26N2O2S2/c1-6-9-15-10-13-7-8-14(19-13)20(17,18)16(5)12(4)11(2)3/h7-8,11-12,15H,6,9-10H2,1-5H3. The van der Waals surface area contributed by atoms with Gasteiger partial charge in [-0.3, -0.25) is 0 Å². The van der Waals surface area contributed by atoms with Gasteiger partial charge in [-0.1, -0.05) is 20.8 Å². The largest absolute Gasteiger partial charge is 0.312 e. The molecular formula is C14H26N2O2S2. The molecule has 0 radical (unpaired) electrons. The molecule has 0 aromatic carbocycles. The zero-order valence-electron chi connectivity index (χ0n) is 13.0. The van der Waals surface area contributed by atoms with Gasteiger partial charge >= 0.3 is 0 Å². The summed E-state index contributed by atoms with van der Waals surface area (Å²) in [5.41, 5.74) is 0. The number of nitrogens with one attached hydrogen (secondary N) is 1. The molecule has 0 bridgehead atoms. The summed E-state index contributed by atoms with van der Waals surface area (Å²) >= 11 is 1.36. The van der Waals surface area contributed by atoms with E-state index in [1.54, 1.807) is 13.1 Å². The summed E-state index contributed by atoms with van der Waals surface area (Å²) in [6.07, 6.45) is 1.07. The lowest BCUT2D eigenvalue weighted by Crippen LogP contribution is -2.37. The molecule has 20 heavy (non-hydrogen) atoms. The fraction of sp³-hybridized carbons (Fsp3) is 0.714. The Morgan fingerprint density at radius 3 is 2.50 bits per heavy atom. The quantitative estimate of drug-likeness (QED) is 0.750. The smallest absolute Gasteiger partial charge is 0.252 e. The van der Waals surface area contributed by atoms with E-state index in [1.165, 1.54) is 15.6 Å². The Bertz CT molecular complexity index is 509. The minimum Gasteiger partial charge on any atom is -0.312 e. The summed E-state index contributed by atoms with van der Waals surface area (Å²) in [5.74, 6) is 0.292. The van der Waals surface area contributed by atoms with E-state index < -0.39 is 10.0 Å². The summed E-state index contributed by atoms with van der Waals surface area (Å²) in [4.78, 5) is 1.06. The van der Waals surface area contributed by atoms with Crippen LogP contribution < -0.4 is 5.32 Å². The van der Waals surface area contributed by atoms with Gasteiger partial charge in [0.15, 0.2) is 0 Å². The van der Waals surface area contributed by atoms with Gasteiger partial charge in [0.25, 0.3) is 10.0 Å². The van der Waals surface area contributed by atoms with E-state index >= 15 is 0 Å². The lowest BCUT2D eigenvalue weighted by molar-refractivity contribution is 0.316. The third-order valence-electron chi connectivity index (χ3n) is 3.53. The Morgan fingerprint density at radius 2 is 1.95 bits per heavy atom. The first-order valence-electron chi connectivity index (χ1n) is 7.08. The van der Waals surface area contributed by atoms with Gasteiger partial charge in [-0.25, -0.2) is 8.42 Å². The second-order valence-corrected chi connectivity index (χ2v) is 8.80. The molecule has 0 fully saturated rings. The molecule has 0 amide bonds. The average Bonchev–Trinajstić information content (AvgIpc) is 2.86. The molecule has 0 aliphatic carbocycles. The number of nitrogens with zero attached hydrogens (tertiary/aromatic N) is 1. The Labute approximate surface area is 127 Å². The number of sulfonamides is 1. The van der Waals surface area contributed by atoms with E-state index in [1.807, 2.05) is 26.8 Å². The molecule has 0 spiro atoms. The molecule has 1 atom stereocenters. The lowest BCUT2D eigenvalue weighted by atomic mass is 10.1. The van der Waals surface area contributed by atoms with E-state index in [0.717, 1.165) is 24.4 Å². The van der Waals surface area contributed by atoms with Crippen LogP contribution in [0.1, 0.15) is 39.0 Å². The number of hydrogen-bond acceptors (Lipinski definition) is 4. The van der Waals surface area contributed by atoms with Crippen molar-refractivity contribution in [3.8, 4) is 0 Å². The fourth-order valence-corrected chi connectivity index (χ4v) is 4.77. The molecule has 0 aliphatic rings. The van der Waals surface area contributed by atoms with Crippen LogP contribution in [-0.2, 0) is 16.6 Å². The van der Waals surface area contributed by atoms with Crippen molar-refractivity contribution in [1.82, 2.24) is 9.62 Å². The number of rotatable bonds is 8.